The number of nitrogens with zero attached hydrogens (tertiary/aromatic N) is 1. The van der Waals surface area contributed by atoms with Gasteiger partial charge in [0, 0.05) is 10.5 Å². The molecule has 4 atom stereocenters. The van der Waals surface area contributed by atoms with Crippen molar-refractivity contribution >= 4 is 28.7 Å². The number of carbonyl (C=O) groups excluding carboxylic acids is 1. The van der Waals surface area contributed by atoms with Crippen LogP contribution in [0.1, 0.15) is 18.4 Å². The molecule has 2 bridgehead atoms. The minimum atomic E-state index is -0.417. The third-order valence-electron chi connectivity index (χ3n) is 4.23. The maximum atomic E-state index is 12.2. The number of hydrogen-bond acceptors (Lipinski definition) is 3. The zero-order valence-electron chi connectivity index (χ0n) is 11.1. The van der Waals surface area contributed by atoms with Crippen LogP contribution in [0.2, 0.25) is 0 Å². The number of alkyl halides is 1. The maximum Gasteiger partial charge on any atom is 0.410 e. The lowest BCUT2D eigenvalue weighted by Crippen LogP contribution is -2.47. The molecule has 4 nitrogen and oxygen atoms in total. The molecule has 0 radical (unpaired) electrons. The van der Waals surface area contributed by atoms with Crippen LogP contribution in [0.3, 0.4) is 0 Å². The first-order chi connectivity index (χ1) is 9.66. The van der Waals surface area contributed by atoms with Crippen molar-refractivity contribution in [1.82, 2.24) is 4.90 Å². The van der Waals surface area contributed by atoms with E-state index in [0.717, 1.165) is 18.4 Å². The molecule has 2 fully saturated rings. The molecular formula is C15H18INO3. The van der Waals surface area contributed by atoms with Crippen molar-refractivity contribution in [2.24, 2.45) is 5.92 Å². The van der Waals surface area contributed by atoms with E-state index in [2.05, 4.69) is 22.6 Å². The third-order valence-corrected chi connectivity index (χ3v) is 5.99. The van der Waals surface area contributed by atoms with Crippen LogP contribution >= 0.6 is 22.6 Å². The van der Waals surface area contributed by atoms with Gasteiger partial charge in [0.05, 0.1) is 12.1 Å². The summed E-state index contributed by atoms with van der Waals surface area (Å²) in [5, 5.41) is 10.1. The molecule has 1 aromatic carbocycles. The molecule has 0 aromatic heterocycles. The number of ether oxygens (including phenoxy) is 1. The van der Waals surface area contributed by atoms with Gasteiger partial charge in [-0.2, -0.15) is 0 Å². The first-order valence-corrected chi connectivity index (χ1v) is 8.21. The summed E-state index contributed by atoms with van der Waals surface area (Å²) in [4.78, 5) is 14.0. The molecular weight excluding hydrogens is 369 g/mol. The SMILES string of the molecule is O=C(OCc1ccccc1)N1CC2CC[C@@H](O)C1[C@H]2I. The number of hydrogen-bond donors (Lipinski definition) is 1. The van der Waals surface area contributed by atoms with E-state index in [1.54, 1.807) is 4.90 Å². The highest BCUT2D eigenvalue weighted by Crippen LogP contribution is 2.40. The van der Waals surface area contributed by atoms with Gasteiger partial charge in [-0.1, -0.05) is 52.9 Å². The molecule has 108 valence electrons. The van der Waals surface area contributed by atoms with Crippen LogP contribution in [0.4, 0.5) is 4.79 Å². The van der Waals surface area contributed by atoms with E-state index in [9.17, 15) is 9.90 Å². The summed E-state index contributed by atoms with van der Waals surface area (Å²) >= 11 is 2.37. The van der Waals surface area contributed by atoms with Gasteiger partial charge in [0.25, 0.3) is 0 Å². The summed E-state index contributed by atoms with van der Waals surface area (Å²) in [5.74, 6) is 0.494. The number of benzene rings is 1. The molecule has 1 aromatic rings. The number of fused-ring (bicyclic) bond motifs is 2. The van der Waals surface area contributed by atoms with Crippen molar-refractivity contribution < 1.29 is 14.6 Å². The Hall–Kier alpha value is -0.820. The zero-order valence-corrected chi connectivity index (χ0v) is 13.3. The van der Waals surface area contributed by atoms with Gasteiger partial charge in [-0.05, 0) is 24.3 Å². The number of rotatable bonds is 2. The van der Waals surface area contributed by atoms with Crippen LogP contribution in [0.15, 0.2) is 30.3 Å². The number of likely N-dealkylation sites (tertiary alicyclic amines) is 1. The van der Waals surface area contributed by atoms with Crippen LogP contribution in [-0.4, -0.2) is 38.7 Å². The summed E-state index contributed by atoms with van der Waals surface area (Å²) < 4.78 is 5.72. The van der Waals surface area contributed by atoms with E-state index in [-0.39, 0.29) is 18.7 Å². The van der Waals surface area contributed by atoms with Gasteiger partial charge in [0.2, 0.25) is 0 Å². The van der Waals surface area contributed by atoms with E-state index in [1.165, 1.54) is 0 Å². The van der Waals surface area contributed by atoms with Gasteiger partial charge >= 0.3 is 6.09 Å². The lowest BCUT2D eigenvalue weighted by molar-refractivity contribution is 0.0464. The normalized spacial score (nSPS) is 32.2. The molecule has 3 rings (SSSR count). The molecule has 2 unspecified atom stereocenters. The van der Waals surface area contributed by atoms with E-state index < -0.39 is 6.10 Å². The molecule has 1 saturated heterocycles. The molecule has 2 aliphatic rings. The largest absolute Gasteiger partial charge is 0.445 e. The van der Waals surface area contributed by atoms with Gasteiger partial charge in [-0.15, -0.1) is 0 Å². The average molecular weight is 387 g/mol. The standard InChI is InChI=1S/C15H18INO3/c16-13-11-6-7-12(18)14(13)17(8-11)15(19)20-9-10-4-2-1-3-5-10/h1-5,11-14,18H,6-9H2/t11?,12-,13+,14?/m1/s1. The third kappa shape index (κ3) is 2.65. The molecule has 1 N–H and O–H groups in total. The Kier molecular flexibility index (Phi) is 4.16. The first-order valence-electron chi connectivity index (χ1n) is 6.96. The van der Waals surface area contributed by atoms with Crippen LogP contribution in [0, 0.1) is 5.92 Å². The minimum Gasteiger partial charge on any atom is -0.445 e. The number of amides is 1. The van der Waals surface area contributed by atoms with Gasteiger partial charge in [-0.3, -0.25) is 0 Å². The van der Waals surface area contributed by atoms with E-state index >= 15 is 0 Å². The van der Waals surface area contributed by atoms with Crippen molar-refractivity contribution in [2.75, 3.05) is 6.54 Å². The second kappa shape index (κ2) is 5.89. The molecule has 5 heteroatoms. The second-order valence-electron chi connectivity index (χ2n) is 5.53. The molecule has 1 saturated carbocycles. The van der Waals surface area contributed by atoms with Gasteiger partial charge in [0.1, 0.15) is 6.61 Å². The number of aliphatic hydroxyl groups excluding tert-OH is 1. The minimum absolute atomic E-state index is 0.0855. The Bertz CT molecular complexity index is 481. The Balaban J connectivity index is 1.63. The molecule has 1 heterocycles. The zero-order chi connectivity index (χ0) is 14.1. The van der Waals surface area contributed by atoms with Gasteiger partial charge in [0.15, 0.2) is 0 Å². The quantitative estimate of drug-likeness (QED) is 0.627. The van der Waals surface area contributed by atoms with Crippen LogP contribution < -0.4 is 0 Å². The van der Waals surface area contributed by atoms with Crippen molar-refractivity contribution in [3.8, 4) is 0 Å². The first kappa shape index (κ1) is 14.1. The Morgan fingerprint density at radius 3 is 2.85 bits per heavy atom. The average Bonchev–Trinajstić information content (AvgIpc) is 2.68. The van der Waals surface area contributed by atoms with Gasteiger partial charge in [-0.25, -0.2) is 4.79 Å². The highest BCUT2D eigenvalue weighted by molar-refractivity contribution is 14.1. The van der Waals surface area contributed by atoms with Gasteiger partial charge < -0.3 is 14.7 Å². The monoisotopic (exact) mass is 387 g/mol. The number of aliphatic hydroxyl groups is 1. The summed E-state index contributed by atoms with van der Waals surface area (Å²) in [6.07, 6.45) is 1.06. The smallest absolute Gasteiger partial charge is 0.410 e. The molecule has 0 spiro atoms. The van der Waals surface area contributed by atoms with E-state index in [0.29, 0.717) is 16.4 Å². The second-order valence-corrected chi connectivity index (χ2v) is 6.97. The fourth-order valence-electron chi connectivity index (χ4n) is 3.15. The lowest BCUT2D eigenvalue weighted by Gasteiger charge is -2.32. The Morgan fingerprint density at radius 1 is 1.35 bits per heavy atom. The number of halogens is 1. The van der Waals surface area contributed by atoms with Crippen LogP contribution in [0.25, 0.3) is 0 Å². The predicted octanol–water partition coefficient (Wildman–Crippen LogP) is 2.58. The van der Waals surface area contributed by atoms with Crippen LogP contribution in [0.5, 0.6) is 0 Å². The van der Waals surface area contributed by atoms with Crippen LogP contribution in [-0.2, 0) is 11.3 Å². The molecule has 20 heavy (non-hydrogen) atoms. The fraction of sp³-hybridized carbons (Fsp3) is 0.533. The van der Waals surface area contributed by atoms with Crippen molar-refractivity contribution in [1.29, 1.82) is 0 Å². The molecule has 1 aliphatic heterocycles. The maximum absolute atomic E-state index is 12.2. The summed E-state index contributed by atoms with van der Waals surface area (Å²) in [7, 11) is 0. The summed E-state index contributed by atoms with van der Waals surface area (Å²) in [6, 6.07) is 9.58. The van der Waals surface area contributed by atoms with Crippen molar-refractivity contribution in [3.63, 3.8) is 0 Å². The lowest BCUT2D eigenvalue weighted by atomic mass is 9.88. The summed E-state index contributed by atoms with van der Waals surface area (Å²) in [5.41, 5.74) is 0.981. The van der Waals surface area contributed by atoms with Crippen molar-refractivity contribution in [2.45, 2.75) is 35.5 Å². The molecule has 1 aliphatic carbocycles. The Morgan fingerprint density at radius 2 is 2.10 bits per heavy atom. The highest BCUT2D eigenvalue weighted by atomic mass is 127. The fourth-order valence-corrected chi connectivity index (χ4v) is 4.60. The van der Waals surface area contributed by atoms with Crippen molar-refractivity contribution in [3.05, 3.63) is 35.9 Å². The summed E-state index contributed by atoms with van der Waals surface area (Å²) in [6.45, 7) is 0.999. The Labute approximate surface area is 132 Å². The number of carbonyl (C=O) groups is 1. The van der Waals surface area contributed by atoms with E-state index in [4.69, 9.17) is 4.74 Å². The van der Waals surface area contributed by atoms with E-state index in [1.807, 2.05) is 30.3 Å². The highest BCUT2D eigenvalue weighted by Gasteiger charge is 2.49. The predicted molar refractivity (Wildman–Crippen MR) is 83.7 cm³/mol. The topological polar surface area (TPSA) is 49.8 Å². The molecule has 1 amide bonds.